The van der Waals surface area contributed by atoms with Gasteiger partial charge < -0.3 is 10.0 Å². The molecule has 0 aliphatic heterocycles. The summed E-state index contributed by atoms with van der Waals surface area (Å²) in [5.74, 6) is 0. The van der Waals surface area contributed by atoms with Crippen LogP contribution in [0.15, 0.2) is 22.7 Å². The van der Waals surface area contributed by atoms with E-state index in [2.05, 4.69) is 40.7 Å². The number of nitriles is 1. The third-order valence-corrected chi connectivity index (χ3v) is 3.79. The molecule has 0 spiro atoms. The molecule has 0 saturated carbocycles. The fourth-order valence-corrected chi connectivity index (χ4v) is 2.59. The van der Waals surface area contributed by atoms with Crippen molar-refractivity contribution in [3.8, 4) is 6.07 Å². The second-order valence-electron chi connectivity index (χ2n) is 4.16. The van der Waals surface area contributed by atoms with Gasteiger partial charge in [0, 0.05) is 22.7 Å². The van der Waals surface area contributed by atoms with E-state index in [1.165, 1.54) is 0 Å². The van der Waals surface area contributed by atoms with E-state index in [0.717, 1.165) is 23.0 Å². The Balaban J connectivity index is 3.06. The van der Waals surface area contributed by atoms with Crippen LogP contribution in [0.5, 0.6) is 0 Å². The summed E-state index contributed by atoms with van der Waals surface area (Å²) in [7, 11) is 0. The standard InChI is InChI=1S/C14H19BrN2O/c1-3-12(4-2)17(7-8-18)13-6-5-11(10-16)14(15)9-13/h5-6,9,12,18H,3-4,7-8H2,1-2H3. The first-order chi connectivity index (χ1) is 8.67. The lowest BCUT2D eigenvalue weighted by Gasteiger charge is -2.32. The predicted octanol–water partition coefficient (Wildman–Crippen LogP) is 3.31. The summed E-state index contributed by atoms with van der Waals surface area (Å²) in [5, 5.41) is 18.1. The van der Waals surface area contributed by atoms with Crippen molar-refractivity contribution < 1.29 is 5.11 Å². The lowest BCUT2D eigenvalue weighted by molar-refractivity contribution is 0.296. The zero-order valence-electron chi connectivity index (χ0n) is 10.9. The zero-order valence-corrected chi connectivity index (χ0v) is 12.4. The molecule has 0 atom stereocenters. The number of halogens is 1. The van der Waals surface area contributed by atoms with Crippen molar-refractivity contribution in [1.29, 1.82) is 5.26 Å². The molecule has 0 radical (unpaired) electrons. The van der Waals surface area contributed by atoms with Gasteiger partial charge in [-0.25, -0.2) is 0 Å². The van der Waals surface area contributed by atoms with Crippen molar-refractivity contribution in [3.05, 3.63) is 28.2 Å². The maximum atomic E-state index is 9.20. The highest BCUT2D eigenvalue weighted by molar-refractivity contribution is 9.10. The molecule has 1 N–H and O–H groups in total. The quantitative estimate of drug-likeness (QED) is 0.877. The molecular weight excluding hydrogens is 292 g/mol. The SMILES string of the molecule is CCC(CC)N(CCO)c1ccc(C#N)c(Br)c1. The van der Waals surface area contributed by atoms with Gasteiger partial charge in [0.15, 0.2) is 0 Å². The Morgan fingerprint density at radius 1 is 1.39 bits per heavy atom. The maximum absolute atomic E-state index is 9.20. The van der Waals surface area contributed by atoms with Crippen molar-refractivity contribution in [1.82, 2.24) is 0 Å². The van der Waals surface area contributed by atoms with Gasteiger partial charge in [-0.1, -0.05) is 13.8 Å². The Morgan fingerprint density at radius 3 is 2.50 bits per heavy atom. The van der Waals surface area contributed by atoms with E-state index in [0.29, 0.717) is 18.2 Å². The smallest absolute Gasteiger partial charge is 0.100 e. The summed E-state index contributed by atoms with van der Waals surface area (Å²) in [6, 6.07) is 8.25. The normalized spacial score (nSPS) is 10.4. The average molecular weight is 311 g/mol. The fraction of sp³-hybridized carbons (Fsp3) is 0.500. The van der Waals surface area contributed by atoms with Gasteiger partial charge in [0.25, 0.3) is 0 Å². The van der Waals surface area contributed by atoms with Gasteiger partial charge in [-0.15, -0.1) is 0 Å². The Bertz CT molecular complexity index is 424. The van der Waals surface area contributed by atoms with Gasteiger partial charge in [0.2, 0.25) is 0 Å². The monoisotopic (exact) mass is 310 g/mol. The largest absolute Gasteiger partial charge is 0.395 e. The second kappa shape index (κ2) is 7.40. The highest BCUT2D eigenvalue weighted by Gasteiger charge is 2.16. The fourth-order valence-electron chi connectivity index (χ4n) is 2.13. The molecule has 1 rings (SSSR count). The summed E-state index contributed by atoms with van der Waals surface area (Å²) < 4.78 is 0.802. The van der Waals surface area contributed by atoms with Gasteiger partial charge in [0.1, 0.15) is 6.07 Å². The molecule has 4 heteroatoms. The molecule has 0 amide bonds. The Morgan fingerprint density at radius 2 is 2.06 bits per heavy atom. The number of rotatable bonds is 6. The van der Waals surface area contributed by atoms with Gasteiger partial charge >= 0.3 is 0 Å². The summed E-state index contributed by atoms with van der Waals surface area (Å²) in [5.41, 5.74) is 1.68. The van der Waals surface area contributed by atoms with Crippen molar-refractivity contribution in [2.45, 2.75) is 32.7 Å². The zero-order chi connectivity index (χ0) is 13.5. The van der Waals surface area contributed by atoms with Crippen LogP contribution >= 0.6 is 15.9 Å². The van der Waals surface area contributed by atoms with Crippen molar-refractivity contribution in [3.63, 3.8) is 0 Å². The highest BCUT2D eigenvalue weighted by atomic mass is 79.9. The molecule has 0 bridgehead atoms. The van der Waals surface area contributed by atoms with Gasteiger partial charge in [-0.05, 0) is 47.0 Å². The molecule has 0 unspecified atom stereocenters. The minimum atomic E-state index is 0.133. The molecule has 98 valence electrons. The van der Waals surface area contributed by atoms with Crippen LogP contribution in [0.1, 0.15) is 32.3 Å². The highest BCUT2D eigenvalue weighted by Crippen LogP contribution is 2.26. The van der Waals surface area contributed by atoms with E-state index in [1.54, 1.807) is 0 Å². The number of nitrogens with zero attached hydrogens (tertiary/aromatic N) is 2. The molecule has 1 aromatic carbocycles. The van der Waals surface area contributed by atoms with Crippen LogP contribution in [-0.2, 0) is 0 Å². The average Bonchev–Trinajstić information content (AvgIpc) is 2.39. The van der Waals surface area contributed by atoms with Gasteiger partial charge in [0.05, 0.1) is 12.2 Å². The summed E-state index contributed by atoms with van der Waals surface area (Å²) in [6.07, 6.45) is 2.07. The summed E-state index contributed by atoms with van der Waals surface area (Å²) in [6.45, 7) is 5.05. The van der Waals surface area contributed by atoms with Gasteiger partial charge in [-0.2, -0.15) is 5.26 Å². The molecule has 0 saturated heterocycles. The molecule has 0 aromatic heterocycles. The first-order valence-electron chi connectivity index (χ1n) is 6.25. The number of hydrogen-bond acceptors (Lipinski definition) is 3. The minimum absolute atomic E-state index is 0.133. The van der Waals surface area contributed by atoms with Crippen LogP contribution < -0.4 is 4.90 Å². The van der Waals surface area contributed by atoms with Crippen molar-refractivity contribution >= 4 is 21.6 Å². The van der Waals surface area contributed by atoms with E-state index < -0.39 is 0 Å². The van der Waals surface area contributed by atoms with Crippen molar-refractivity contribution in [2.24, 2.45) is 0 Å². The van der Waals surface area contributed by atoms with Gasteiger partial charge in [-0.3, -0.25) is 0 Å². The van der Waals surface area contributed by atoms with Crippen molar-refractivity contribution in [2.75, 3.05) is 18.1 Å². The number of anilines is 1. The second-order valence-corrected chi connectivity index (χ2v) is 5.02. The Hall–Kier alpha value is -1.05. The number of aliphatic hydroxyl groups is 1. The van der Waals surface area contributed by atoms with Crippen LogP contribution in [0.3, 0.4) is 0 Å². The molecule has 1 aromatic rings. The first kappa shape index (κ1) is 15.0. The molecule has 0 heterocycles. The Labute approximate surface area is 117 Å². The van der Waals surface area contributed by atoms with Crippen LogP contribution in [0.2, 0.25) is 0 Å². The summed E-state index contributed by atoms with van der Waals surface area (Å²) >= 11 is 3.41. The lowest BCUT2D eigenvalue weighted by atomic mass is 10.1. The molecule has 3 nitrogen and oxygen atoms in total. The van der Waals surface area contributed by atoms with E-state index in [1.807, 2.05) is 18.2 Å². The predicted molar refractivity (Wildman–Crippen MR) is 77.7 cm³/mol. The Kier molecular flexibility index (Phi) is 6.17. The van der Waals surface area contributed by atoms with E-state index in [4.69, 9.17) is 5.26 Å². The minimum Gasteiger partial charge on any atom is -0.395 e. The maximum Gasteiger partial charge on any atom is 0.100 e. The number of hydrogen-bond donors (Lipinski definition) is 1. The van der Waals surface area contributed by atoms with E-state index >= 15 is 0 Å². The van der Waals surface area contributed by atoms with Crippen LogP contribution in [0.4, 0.5) is 5.69 Å². The van der Waals surface area contributed by atoms with E-state index in [9.17, 15) is 5.11 Å². The third kappa shape index (κ3) is 3.47. The number of benzene rings is 1. The number of aliphatic hydroxyl groups excluding tert-OH is 1. The van der Waals surface area contributed by atoms with Crippen LogP contribution in [0.25, 0.3) is 0 Å². The van der Waals surface area contributed by atoms with E-state index in [-0.39, 0.29) is 6.61 Å². The van der Waals surface area contributed by atoms with Crippen LogP contribution in [-0.4, -0.2) is 24.3 Å². The molecule has 0 aliphatic carbocycles. The molecule has 0 aliphatic rings. The topological polar surface area (TPSA) is 47.3 Å². The third-order valence-electron chi connectivity index (χ3n) is 3.13. The lowest BCUT2D eigenvalue weighted by Crippen LogP contribution is -2.36. The molecular formula is C14H19BrN2O. The first-order valence-corrected chi connectivity index (χ1v) is 7.04. The van der Waals surface area contributed by atoms with Crippen LogP contribution in [0, 0.1) is 11.3 Å². The molecule has 18 heavy (non-hydrogen) atoms. The summed E-state index contributed by atoms with van der Waals surface area (Å²) in [4.78, 5) is 2.20. The molecule has 0 fully saturated rings.